The number of methoxy groups -OCH3 is 1. The van der Waals surface area contributed by atoms with Crippen LogP contribution >= 0.6 is 0 Å². The van der Waals surface area contributed by atoms with E-state index >= 15 is 0 Å². The molecule has 15 heavy (non-hydrogen) atoms. The number of hydrogen-bond donors (Lipinski definition) is 3. The summed E-state index contributed by atoms with van der Waals surface area (Å²) in [6.45, 7) is 0. The van der Waals surface area contributed by atoms with Gasteiger partial charge >= 0.3 is 0 Å². The van der Waals surface area contributed by atoms with Crippen molar-refractivity contribution in [1.29, 1.82) is 0 Å². The third-order valence-electron chi connectivity index (χ3n) is 1.79. The number of hydrazone groups is 1. The molecule has 6 nitrogen and oxygen atoms in total. The highest BCUT2D eigenvalue weighted by Gasteiger charge is 2.03. The maximum Gasteiger partial charge on any atom is 0.152 e. The number of anilines is 1. The van der Waals surface area contributed by atoms with Crippen LogP contribution in [0.4, 0.5) is 5.69 Å². The zero-order valence-corrected chi connectivity index (χ0v) is 8.77. The standard InChI is InChI=1S/C9H15N5O/c1-14(12)13-9(11)6-3-4-8(15-2)7(10)5-6/h3-5H,10,12H2,1-2H3,(H2,11,13). The number of nitrogens with two attached hydrogens (primary N) is 3. The summed E-state index contributed by atoms with van der Waals surface area (Å²) in [4.78, 5) is 0. The number of nitrogen functional groups attached to an aromatic ring is 1. The van der Waals surface area contributed by atoms with Crippen LogP contribution in [0.1, 0.15) is 5.56 Å². The minimum absolute atomic E-state index is 0.300. The molecule has 6 N–H and O–H groups in total. The van der Waals surface area contributed by atoms with Crippen LogP contribution in [0, 0.1) is 0 Å². The molecule has 0 aliphatic rings. The van der Waals surface area contributed by atoms with Gasteiger partial charge in [0.2, 0.25) is 0 Å². The third-order valence-corrected chi connectivity index (χ3v) is 1.79. The molecule has 82 valence electrons. The molecule has 0 saturated carbocycles. The quantitative estimate of drug-likeness (QED) is 0.208. The number of rotatable bonds is 3. The molecule has 0 radical (unpaired) electrons. The number of hydrogen-bond acceptors (Lipinski definition) is 5. The van der Waals surface area contributed by atoms with E-state index in [-0.39, 0.29) is 0 Å². The summed E-state index contributed by atoms with van der Waals surface area (Å²) < 4.78 is 5.02. The van der Waals surface area contributed by atoms with Crippen LogP contribution in [0.5, 0.6) is 5.75 Å². The van der Waals surface area contributed by atoms with Crippen molar-refractivity contribution in [2.75, 3.05) is 19.9 Å². The van der Waals surface area contributed by atoms with Gasteiger partial charge < -0.3 is 16.2 Å². The molecule has 0 atom stereocenters. The Morgan fingerprint density at radius 1 is 1.47 bits per heavy atom. The van der Waals surface area contributed by atoms with E-state index in [9.17, 15) is 0 Å². The van der Waals surface area contributed by atoms with Crippen LogP contribution in [0.2, 0.25) is 0 Å². The molecule has 1 aromatic rings. The predicted molar refractivity (Wildman–Crippen MR) is 60.1 cm³/mol. The summed E-state index contributed by atoms with van der Waals surface area (Å²) in [5, 5.41) is 4.99. The van der Waals surface area contributed by atoms with Crippen LogP contribution in [0.3, 0.4) is 0 Å². The first kappa shape index (κ1) is 11.1. The lowest BCUT2D eigenvalue weighted by atomic mass is 10.2. The summed E-state index contributed by atoms with van der Waals surface area (Å²) in [6.07, 6.45) is 0. The van der Waals surface area contributed by atoms with Crippen LogP contribution in [-0.2, 0) is 0 Å². The highest BCUT2D eigenvalue weighted by Crippen LogP contribution is 2.21. The molecule has 0 bridgehead atoms. The second kappa shape index (κ2) is 4.52. The Bertz CT molecular complexity index is 375. The monoisotopic (exact) mass is 209 g/mol. The first-order valence-corrected chi connectivity index (χ1v) is 4.31. The molecule has 0 aliphatic carbocycles. The van der Waals surface area contributed by atoms with Gasteiger partial charge in [-0.3, -0.25) is 0 Å². The first-order chi connectivity index (χ1) is 7.04. The van der Waals surface area contributed by atoms with E-state index in [0.717, 1.165) is 5.12 Å². The fraction of sp³-hybridized carbons (Fsp3) is 0.222. The van der Waals surface area contributed by atoms with Crippen molar-refractivity contribution < 1.29 is 4.74 Å². The SMILES string of the molecule is COc1ccc(/C(N)=N/N(C)N)cc1N. The van der Waals surface area contributed by atoms with Crippen LogP contribution < -0.4 is 22.0 Å². The number of amidine groups is 1. The summed E-state index contributed by atoms with van der Waals surface area (Å²) in [5.74, 6) is 6.24. The van der Waals surface area contributed by atoms with Crippen LogP contribution in [-0.4, -0.2) is 25.1 Å². The van der Waals surface area contributed by atoms with Gasteiger partial charge in [-0.25, -0.2) is 11.0 Å². The Kier molecular flexibility index (Phi) is 3.35. The van der Waals surface area contributed by atoms with Gasteiger partial charge in [-0.05, 0) is 18.2 Å². The maximum absolute atomic E-state index is 5.72. The lowest BCUT2D eigenvalue weighted by Crippen LogP contribution is -2.25. The fourth-order valence-corrected chi connectivity index (χ4v) is 1.12. The highest BCUT2D eigenvalue weighted by atomic mass is 16.5. The van der Waals surface area contributed by atoms with Gasteiger partial charge in [-0.15, -0.1) is 5.10 Å². The van der Waals surface area contributed by atoms with Crippen molar-refractivity contribution in [3.63, 3.8) is 0 Å². The lowest BCUT2D eigenvalue weighted by molar-refractivity contribution is 0.371. The summed E-state index contributed by atoms with van der Waals surface area (Å²) in [5.41, 5.74) is 12.6. The smallest absolute Gasteiger partial charge is 0.152 e. The summed E-state index contributed by atoms with van der Waals surface area (Å²) >= 11 is 0. The molecule has 0 spiro atoms. The zero-order valence-electron chi connectivity index (χ0n) is 8.77. The molecule has 0 unspecified atom stereocenters. The molecule has 0 amide bonds. The highest BCUT2D eigenvalue weighted by molar-refractivity contribution is 5.98. The van der Waals surface area contributed by atoms with Crippen molar-refractivity contribution in [2.45, 2.75) is 0 Å². The van der Waals surface area contributed by atoms with Gasteiger partial charge in [0.05, 0.1) is 12.8 Å². The average molecular weight is 209 g/mol. The molecule has 1 aromatic carbocycles. The molecule has 0 heterocycles. The second-order valence-corrected chi connectivity index (χ2v) is 3.02. The van der Waals surface area contributed by atoms with Crippen molar-refractivity contribution in [1.82, 2.24) is 5.12 Å². The molecule has 6 heteroatoms. The van der Waals surface area contributed by atoms with Crippen molar-refractivity contribution in [3.8, 4) is 5.75 Å². The Morgan fingerprint density at radius 2 is 2.13 bits per heavy atom. The normalized spacial score (nSPS) is 11.3. The molecular weight excluding hydrogens is 194 g/mol. The maximum atomic E-state index is 5.72. The molecule has 0 aromatic heterocycles. The Labute approximate surface area is 88.3 Å². The van der Waals surface area contributed by atoms with Crippen molar-refractivity contribution in [3.05, 3.63) is 23.8 Å². The van der Waals surface area contributed by atoms with E-state index in [2.05, 4.69) is 5.10 Å². The minimum Gasteiger partial charge on any atom is -0.495 e. The Morgan fingerprint density at radius 3 is 2.60 bits per heavy atom. The summed E-state index contributed by atoms with van der Waals surface area (Å²) in [6, 6.07) is 5.17. The van der Waals surface area contributed by atoms with E-state index in [1.807, 2.05) is 0 Å². The average Bonchev–Trinajstić information content (AvgIpc) is 2.16. The number of ether oxygens (including phenoxy) is 1. The van der Waals surface area contributed by atoms with Gasteiger partial charge in [-0.1, -0.05) is 0 Å². The molecule has 1 rings (SSSR count). The van der Waals surface area contributed by atoms with E-state index in [1.54, 1.807) is 32.4 Å². The molecule has 0 saturated heterocycles. The molecular formula is C9H15N5O. The van der Waals surface area contributed by atoms with Crippen LogP contribution in [0.25, 0.3) is 0 Å². The largest absolute Gasteiger partial charge is 0.495 e. The van der Waals surface area contributed by atoms with E-state index in [1.165, 1.54) is 0 Å². The number of nitrogens with zero attached hydrogens (tertiary/aromatic N) is 2. The van der Waals surface area contributed by atoms with Gasteiger partial charge in [0.25, 0.3) is 0 Å². The molecule has 0 fully saturated rings. The van der Waals surface area contributed by atoms with Gasteiger partial charge in [0, 0.05) is 12.6 Å². The Hall–Kier alpha value is -1.95. The van der Waals surface area contributed by atoms with Gasteiger partial charge in [0.15, 0.2) is 5.84 Å². The van der Waals surface area contributed by atoms with E-state index in [0.29, 0.717) is 22.8 Å². The van der Waals surface area contributed by atoms with Crippen molar-refractivity contribution >= 4 is 11.5 Å². The van der Waals surface area contributed by atoms with E-state index in [4.69, 9.17) is 22.0 Å². The topological polar surface area (TPSA) is 103 Å². The third kappa shape index (κ3) is 2.75. The minimum atomic E-state index is 0.300. The van der Waals surface area contributed by atoms with Crippen molar-refractivity contribution in [2.24, 2.45) is 16.7 Å². The number of benzene rings is 1. The van der Waals surface area contributed by atoms with Crippen LogP contribution in [0.15, 0.2) is 23.3 Å². The Balaban J connectivity index is 3.02. The zero-order chi connectivity index (χ0) is 11.4. The lowest BCUT2D eigenvalue weighted by Gasteiger charge is -2.09. The predicted octanol–water partition coefficient (Wildman–Crippen LogP) is -0.297. The van der Waals surface area contributed by atoms with Gasteiger partial charge in [0.1, 0.15) is 5.75 Å². The fourth-order valence-electron chi connectivity index (χ4n) is 1.12. The van der Waals surface area contributed by atoms with E-state index < -0.39 is 0 Å². The summed E-state index contributed by atoms with van der Waals surface area (Å²) in [7, 11) is 3.14. The first-order valence-electron chi connectivity index (χ1n) is 4.31. The van der Waals surface area contributed by atoms with Gasteiger partial charge in [-0.2, -0.15) is 0 Å². The number of hydrazine groups is 1. The second-order valence-electron chi connectivity index (χ2n) is 3.02. The molecule has 0 aliphatic heterocycles.